The fourth-order valence-corrected chi connectivity index (χ4v) is 5.49. The van der Waals surface area contributed by atoms with Crippen molar-refractivity contribution in [3.05, 3.63) is 113 Å². The lowest BCUT2D eigenvalue weighted by Gasteiger charge is -2.10. The predicted molar refractivity (Wildman–Crippen MR) is 152 cm³/mol. The molecule has 1 N–H and O–H groups in total. The molecule has 0 spiro atoms. The molecule has 0 fully saturated rings. The average Bonchev–Trinajstić information content (AvgIpc) is 3.27. The maximum atomic E-state index is 9.02. The van der Waals surface area contributed by atoms with Crippen molar-refractivity contribution in [1.29, 1.82) is 0 Å². The smallest absolute Gasteiger partial charge is 0.153 e. The molecule has 1 heterocycles. The third kappa shape index (κ3) is 5.98. The number of ether oxygens (including phenoxy) is 2. The van der Waals surface area contributed by atoms with Gasteiger partial charge in [0.2, 0.25) is 0 Å². The minimum atomic E-state index is 0.240. The number of hydrogen-bond acceptors (Lipinski definition) is 4. The van der Waals surface area contributed by atoms with Crippen molar-refractivity contribution in [2.75, 3.05) is 6.61 Å². The van der Waals surface area contributed by atoms with E-state index in [1.165, 1.54) is 5.56 Å². The summed E-state index contributed by atoms with van der Waals surface area (Å²) in [6.07, 6.45) is 2.76. The zero-order valence-corrected chi connectivity index (χ0v) is 22.2. The molecule has 4 aromatic carbocycles. The van der Waals surface area contributed by atoms with Gasteiger partial charge in [0.1, 0.15) is 18.1 Å². The van der Waals surface area contributed by atoms with Gasteiger partial charge in [-0.2, -0.15) is 0 Å². The summed E-state index contributed by atoms with van der Waals surface area (Å²) in [7, 11) is 0. The Hall–Kier alpha value is -3.12. The van der Waals surface area contributed by atoms with Gasteiger partial charge in [-0.05, 0) is 78.4 Å². The van der Waals surface area contributed by atoms with E-state index in [4.69, 9.17) is 14.6 Å². The molecule has 0 unspecified atom stereocenters. The lowest BCUT2D eigenvalue weighted by Crippen LogP contribution is -1.94. The summed E-state index contributed by atoms with van der Waals surface area (Å²) in [5.41, 5.74) is 3.50. The molecule has 1 aromatic heterocycles. The second-order valence-electron chi connectivity index (χ2n) is 8.63. The van der Waals surface area contributed by atoms with Crippen LogP contribution in [0.25, 0.3) is 20.5 Å². The summed E-state index contributed by atoms with van der Waals surface area (Å²) in [4.78, 5) is 1.09. The van der Waals surface area contributed by atoms with E-state index >= 15 is 0 Å². The molecular formula is C31H27BrO3S. The molecule has 0 aliphatic rings. The Morgan fingerprint density at radius 1 is 0.750 bits per heavy atom. The van der Waals surface area contributed by atoms with Crippen LogP contribution in [0, 0.1) is 0 Å². The Morgan fingerprint density at radius 2 is 1.50 bits per heavy atom. The van der Waals surface area contributed by atoms with Gasteiger partial charge in [0, 0.05) is 21.2 Å². The number of aryl methyl sites for hydroxylation is 1. The van der Waals surface area contributed by atoms with Crippen molar-refractivity contribution in [2.24, 2.45) is 0 Å². The lowest BCUT2D eigenvalue weighted by atomic mass is 10.1. The van der Waals surface area contributed by atoms with Crippen LogP contribution in [0.3, 0.4) is 0 Å². The quantitative estimate of drug-likeness (QED) is 0.174. The summed E-state index contributed by atoms with van der Waals surface area (Å²) >= 11 is 5.25. The molecule has 5 aromatic rings. The van der Waals surface area contributed by atoms with E-state index in [9.17, 15) is 0 Å². The van der Waals surface area contributed by atoms with E-state index in [0.29, 0.717) is 6.61 Å². The minimum Gasteiger partial charge on any atom is -0.489 e. The largest absolute Gasteiger partial charge is 0.489 e. The van der Waals surface area contributed by atoms with E-state index in [1.54, 1.807) is 11.3 Å². The summed E-state index contributed by atoms with van der Waals surface area (Å²) in [5, 5.41) is 10.1. The highest BCUT2D eigenvalue weighted by Gasteiger charge is 2.17. The minimum absolute atomic E-state index is 0.240. The summed E-state index contributed by atoms with van der Waals surface area (Å²) in [5.74, 6) is 2.51. The first-order chi connectivity index (χ1) is 17.7. The summed E-state index contributed by atoms with van der Waals surface area (Å²) < 4.78 is 14.8. The van der Waals surface area contributed by atoms with Crippen LogP contribution in [0.1, 0.15) is 24.0 Å². The highest BCUT2D eigenvalue weighted by molar-refractivity contribution is 9.10. The fraction of sp³-hybridized carbons (Fsp3) is 0.161. The third-order valence-corrected chi connectivity index (χ3v) is 7.70. The van der Waals surface area contributed by atoms with Gasteiger partial charge in [0.05, 0.1) is 4.88 Å². The SMILES string of the molecule is OCCCCc1ccc(Oc2c(-c3ccc(Br)cc3)sc3cc(OCc4ccccc4)ccc23)cc1. The number of fused-ring (bicyclic) bond motifs is 1. The van der Waals surface area contributed by atoms with Crippen molar-refractivity contribution in [3.8, 4) is 27.7 Å². The molecule has 0 atom stereocenters. The molecule has 5 heteroatoms. The van der Waals surface area contributed by atoms with E-state index < -0.39 is 0 Å². The second-order valence-corrected chi connectivity index (χ2v) is 10.6. The van der Waals surface area contributed by atoms with Crippen LogP contribution in [-0.4, -0.2) is 11.7 Å². The highest BCUT2D eigenvalue weighted by atomic mass is 79.9. The van der Waals surface area contributed by atoms with Gasteiger partial charge < -0.3 is 14.6 Å². The Morgan fingerprint density at radius 3 is 2.25 bits per heavy atom. The maximum absolute atomic E-state index is 9.02. The normalized spacial score (nSPS) is 11.1. The van der Waals surface area contributed by atoms with Crippen LogP contribution in [0.5, 0.6) is 17.2 Å². The molecular weight excluding hydrogens is 532 g/mol. The van der Waals surface area contributed by atoms with Gasteiger partial charge in [-0.3, -0.25) is 0 Å². The number of aliphatic hydroxyl groups is 1. The Kier molecular flexibility index (Phi) is 8.01. The maximum Gasteiger partial charge on any atom is 0.153 e. The molecule has 36 heavy (non-hydrogen) atoms. The molecule has 0 saturated carbocycles. The molecule has 3 nitrogen and oxygen atoms in total. The van der Waals surface area contributed by atoms with Gasteiger partial charge in [-0.1, -0.05) is 70.5 Å². The van der Waals surface area contributed by atoms with E-state index in [1.807, 2.05) is 36.4 Å². The zero-order chi connectivity index (χ0) is 24.7. The topological polar surface area (TPSA) is 38.7 Å². The first-order valence-electron chi connectivity index (χ1n) is 12.1. The second kappa shape index (κ2) is 11.7. The van der Waals surface area contributed by atoms with Crippen molar-refractivity contribution in [2.45, 2.75) is 25.9 Å². The van der Waals surface area contributed by atoms with Crippen molar-refractivity contribution >= 4 is 37.4 Å². The molecule has 182 valence electrons. The first-order valence-corrected chi connectivity index (χ1v) is 13.7. The van der Waals surface area contributed by atoms with Crippen LogP contribution in [-0.2, 0) is 13.0 Å². The third-order valence-electron chi connectivity index (χ3n) is 5.99. The van der Waals surface area contributed by atoms with E-state index in [-0.39, 0.29) is 6.61 Å². The van der Waals surface area contributed by atoms with E-state index in [0.717, 1.165) is 67.1 Å². The molecule has 0 bridgehead atoms. The Labute approximate surface area is 224 Å². The predicted octanol–water partition coefficient (Wildman–Crippen LogP) is 9.02. The monoisotopic (exact) mass is 558 g/mol. The number of thiophene rings is 1. The Balaban J connectivity index is 1.44. The van der Waals surface area contributed by atoms with Gasteiger partial charge in [0.25, 0.3) is 0 Å². The number of halogens is 1. The number of unbranched alkanes of at least 4 members (excludes halogenated alkanes) is 1. The van der Waals surface area contributed by atoms with Gasteiger partial charge in [0.15, 0.2) is 5.75 Å². The van der Waals surface area contributed by atoms with Crippen molar-refractivity contribution < 1.29 is 14.6 Å². The zero-order valence-electron chi connectivity index (χ0n) is 19.8. The fourth-order valence-electron chi connectivity index (χ4n) is 4.06. The van der Waals surface area contributed by atoms with Gasteiger partial charge >= 0.3 is 0 Å². The van der Waals surface area contributed by atoms with Crippen molar-refractivity contribution in [1.82, 2.24) is 0 Å². The summed E-state index contributed by atoms with van der Waals surface area (Å²) in [6, 6.07) is 33.0. The lowest BCUT2D eigenvalue weighted by molar-refractivity contribution is 0.284. The van der Waals surface area contributed by atoms with Crippen LogP contribution in [0.4, 0.5) is 0 Å². The molecule has 0 saturated heterocycles. The highest BCUT2D eigenvalue weighted by Crippen LogP contribution is 2.47. The Bertz CT molecular complexity index is 1410. The number of aliphatic hydroxyl groups excluding tert-OH is 1. The van der Waals surface area contributed by atoms with Gasteiger partial charge in [-0.15, -0.1) is 11.3 Å². The summed E-state index contributed by atoms with van der Waals surface area (Å²) in [6.45, 7) is 0.773. The van der Waals surface area contributed by atoms with Crippen LogP contribution >= 0.6 is 27.3 Å². The van der Waals surface area contributed by atoms with E-state index in [2.05, 4.69) is 76.6 Å². The molecule has 5 rings (SSSR count). The van der Waals surface area contributed by atoms with Crippen molar-refractivity contribution in [3.63, 3.8) is 0 Å². The average molecular weight is 560 g/mol. The van der Waals surface area contributed by atoms with Crippen LogP contribution in [0.2, 0.25) is 0 Å². The molecule has 0 aliphatic heterocycles. The number of hydrogen-bond donors (Lipinski definition) is 1. The molecule has 0 radical (unpaired) electrons. The number of rotatable bonds is 10. The van der Waals surface area contributed by atoms with Crippen LogP contribution < -0.4 is 9.47 Å². The molecule has 0 amide bonds. The first kappa shape index (κ1) is 24.6. The van der Waals surface area contributed by atoms with Gasteiger partial charge in [-0.25, -0.2) is 0 Å². The number of benzene rings is 4. The molecule has 0 aliphatic carbocycles. The van der Waals surface area contributed by atoms with Crippen LogP contribution in [0.15, 0.2) is 102 Å². The standard InChI is InChI=1S/C31H27BrO3S/c32-25-13-11-24(12-14-25)31-30(35-26-15-9-22(10-16-26)6-4-5-19-33)28-18-17-27(20-29(28)36-31)34-21-23-7-2-1-3-8-23/h1-3,7-18,20,33H,4-6,19,21H2.